The van der Waals surface area contributed by atoms with E-state index in [2.05, 4.69) is 46.8 Å². The molecule has 19 heavy (non-hydrogen) atoms. The number of benzene rings is 1. The van der Waals surface area contributed by atoms with E-state index in [1.807, 2.05) is 0 Å². The molecular weight excluding hydrogens is 238 g/mol. The second-order valence-electron chi connectivity index (χ2n) is 6.40. The maximum absolute atomic E-state index is 10.7. The van der Waals surface area contributed by atoms with Crippen LogP contribution in [0.4, 0.5) is 0 Å². The number of aryl methyl sites for hydroxylation is 2. The van der Waals surface area contributed by atoms with Crippen LogP contribution in [0.1, 0.15) is 49.4 Å². The zero-order valence-electron chi connectivity index (χ0n) is 12.6. The van der Waals surface area contributed by atoms with Crippen LogP contribution in [0.25, 0.3) is 0 Å². The van der Waals surface area contributed by atoms with E-state index in [9.17, 15) is 4.79 Å². The van der Waals surface area contributed by atoms with Crippen LogP contribution in [0.3, 0.4) is 0 Å². The minimum Gasteiger partial charge on any atom is -0.481 e. The van der Waals surface area contributed by atoms with Crippen LogP contribution in [0, 0.1) is 13.8 Å². The smallest absolute Gasteiger partial charge is 0.304 e. The fourth-order valence-corrected chi connectivity index (χ4v) is 2.31. The Balaban J connectivity index is 3.01. The molecular formula is C16H25NO2. The predicted octanol–water partition coefficient (Wildman–Crippen LogP) is 2.95. The topological polar surface area (TPSA) is 63.3 Å². The first-order valence-electron chi connectivity index (χ1n) is 6.69. The van der Waals surface area contributed by atoms with Gasteiger partial charge in [-0.15, -0.1) is 0 Å². The second kappa shape index (κ2) is 5.74. The Morgan fingerprint density at radius 3 is 2.11 bits per heavy atom. The fourth-order valence-electron chi connectivity index (χ4n) is 2.31. The van der Waals surface area contributed by atoms with Crippen molar-refractivity contribution in [3.63, 3.8) is 0 Å². The molecule has 0 saturated heterocycles. The number of carboxylic acid groups (broad SMARTS) is 1. The van der Waals surface area contributed by atoms with E-state index >= 15 is 0 Å². The van der Waals surface area contributed by atoms with E-state index in [0.717, 1.165) is 0 Å². The minimum absolute atomic E-state index is 0.0138. The lowest BCUT2D eigenvalue weighted by atomic mass is 9.83. The first-order valence-corrected chi connectivity index (χ1v) is 6.69. The quantitative estimate of drug-likeness (QED) is 0.878. The summed E-state index contributed by atoms with van der Waals surface area (Å²) in [7, 11) is 0. The first-order chi connectivity index (χ1) is 8.61. The highest BCUT2D eigenvalue weighted by atomic mass is 16.4. The Morgan fingerprint density at radius 2 is 1.74 bits per heavy atom. The van der Waals surface area contributed by atoms with Crippen molar-refractivity contribution in [3.8, 4) is 0 Å². The van der Waals surface area contributed by atoms with Gasteiger partial charge in [0, 0.05) is 6.04 Å². The van der Waals surface area contributed by atoms with Gasteiger partial charge in [-0.2, -0.15) is 0 Å². The van der Waals surface area contributed by atoms with Crippen molar-refractivity contribution in [2.45, 2.75) is 58.9 Å². The highest BCUT2D eigenvalue weighted by molar-refractivity contribution is 5.67. The van der Waals surface area contributed by atoms with E-state index in [-0.39, 0.29) is 17.9 Å². The zero-order valence-corrected chi connectivity index (χ0v) is 12.6. The molecule has 0 saturated carbocycles. The average molecular weight is 263 g/mol. The lowest BCUT2D eigenvalue weighted by molar-refractivity contribution is -0.137. The standard InChI is InChI=1S/C16H25NO2/c1-10-6-12(16(3,4)5)7-11(2)14(10)8-13(17)9-15(18)19/h6-7,13H,8-9,17H2,1-5H3,(H,18,19). The van der Waals surface area contributed by atoms with E-state index in [0.29, 0.717) is 6.42 Å². The van der Waals surface area contributed by atoms with Crippen LogP contribution in [-0.4, -0.2) is 17.1 Å². The van der Waals surface area contributed by atoms with Gasteiger partial charge in [-0.25, -0.2) is 0 Å². The molecule has 0 aliphatic rings. The third kappa shape index (κ3) is 4.35. The second-order valence-corrected chi connectivity index (χ2v) is 6.40. The van der Waals surface area contributed by atoms with Gasteiger partial charge in [0.05, 0.1) is 6.42 Å². The van der Waals surface area contributed by atoms with Gasteiger partial charge in [-0.3, -0.25) is 4.79 Å². The molecule has 1 unspecified atom stereocenters. The Morgan fingerprint density at radius 1 is 1.26 bits per heavy atom. The van der Waals surface area contributed by atoms with Gasteiger partial charge in [-0.05, 0) is 47.9 Å². The molecule has 0 fully saturated rings. The molecule has 0 heterocycles. The molecule has 0 aliphatic carbocycles. The van der Waals surface area contributed by atoms with Gasteiger partial charge in [0.2, 0.25) is 0 Å². The number of aliphatic carboxylic acids is 1. The van der Waals surface area contributed by atoms with Crippen LogP contribution in [0.5, 0.6) is 0 Å². The third-order valence-electron chi connectivity index (χ3n) is 3.47. The highest BCUT2D eigenvalue weighted by Gasteiger charge is 2.18. The molecule has 0 spiro atoms. The molecule has 1 rings (SSSR count). The molecule has 0 aromatic heterocycles. The van der Waals surface area contributed by atoms with Gasteiger partial charge in [0.15, 0.2) is 0 Å². The Hall–Kier alpha value is -1.35. The van der Waals surface area contributed by atoms with Crippen LogP contribution in [-0.2, 0) is 16.6 Å². The molecule has 3 heteroatoms. The molecule has 3 nitrogen and oxygen atoms in total. The van der Waals surface area contributed by atoms with Gasteiger partial charge in [0.25, 0.3) is 0 Å². The molecule has 0 bridgehead atoms. The van der Waals surface area contributed by atoms with Crippen molar-refractivity contribution < 1.29 is 9.90 Å². The van der Waals surface area contributed by atoms with Crippen molar-refractivity contribution in [3.05, 3.63) is 34.4 Å². The Labute approximate surface area is 115 Å². The molecule has 1 aromatic rings. The number of hydrogen-bond donors (Lipinski definition) is 2. The Kier molecular flexibility index (Phi) is 4.75. The lowest BCUT2D eigenvalue weighted by Crippen LogP contribution is -2.27. The number of nitrogens with two attached hydrogens (primary N) is 1. The fraction of sp³-hybridized carbons (Fsp3) is 0.562. The zero-order chi connectivity index (χ0) is 14.8. The summed E-state index contributed by atoms with van der Waals surface area (Å²) in [5.74, 6) is -0.839. The van der Waals surface area contributed by atoms with Crippen molar-refractivity contribution in [1.82, 2.24) is 0 Å². The molecule has 1 aromatic carbocycles. The van der Waals surface area contributed by atoms with Crippen molar-refractivity contribution in [2.24, 2.45) is 5.73 Å². The van der Waals surface area contributed by atoms with Crippen LogP contribution in [0.15, 0.2) is 12.1 Å². The Bertz CT molecular complexity index is 449. The number of rotatable bonds is 4. The SMILES string of the molecule is Cc1cc(C(C)(C)C)cc(C)c1CC(N)CC(=O)O. The minimum atomic E-state index is -0.839. The summed E-state index contributed by atoms with van der Waals surface area (Å²) in [4.78, 5) is 10.7. The number of hydrogen-bond acceptors (Lipinski definition) is 2. The molecule has 1 atom stereocenters. The number of carbonyl (C=O) groups is 1. The van der Waals surface area contributed by atoms with Crippen molar-refractivity contribution in [1.29, 1.82) is 0 Å². The normalized spacial score (nSPS) is 13.4. The summed E-state index contributed by atoms with van der Waals surface area (Å²) in [5, 5.41) is 8.77. The largest absolute Gasteiger partial charge is 0.481 e. The summed E-state index contributed by atoms with van der Waals surface area (Å²) in [6.45, 7) is 10.7. The van der Waals surface area contributed by atoms with Gasteiger partial charge >= 0.3 is 5.97 Å². The summed E-state index contributed by atoms with van der Waals surface area (Å²) >= 11 is 0. The monoisotopic (exact) mass is 263 g/mol. The van der Waals surface area contributed by atoms with Gasteiger partial charge in [0.1, 0.15) is 0 Å². The van der Waals surface area contributed by atoms with E-state index < -0.39 is 5.97 Å². The molecule has 0 aliphatic heterocycles. The summed E-state index contributed by atoms with van der Waals surface area (Å²) in [6, 6.07) is 4.06. The average Bonchev–Trinajstić information content (AvgIpc) is 2.20. The third-order valence-corrected chi connectivity index (χ3v) is 3.47. The van der Waals surface area contributed by atoms with Gasteiger partial charge < -0.3 is 10.8 Å². The summed E-state index contributed by atoms with van der Waals surface area (Å²) in [5.41, 5.74) is 10.9. The number of carboxylic acids is 1. The molecule has 3 N–H and O–H groups in total. The van der Waals surface area contributed by atoms with Gasteiger partial charge in [-0.1, -0.05) is 32.9 Å². The molecule has 0 amide bonds. The van der Waals surface area contributed by atoms with Crippen LogP contribution < -0.4 is 5.73 Å². The summed E-state index contributed by atoms with van der Waals surface area (Å²) in [6.07, 6.45) is 0.633. The highest BCUT2D eigenvalue weighted by Crippen LogP contribution is 2.27. The lowest BCUT2D eigenvalue weighted by Gasteiger charge is -2.23. The van der Waals surface area contributed by atoms with Crippen molar-refractivity contribution in [2.75, 3.05) is 0 Å². The van der Waals surface area contributed by atoms with Crippen LogP contribution in [0.2, 0.25) is 0 Å². The maximum atomic E-state index is 10.7. The molecule has 106 valence electrons. The molecule has 0 radical (unpaired) electrons. The van der Waals surface area contributed by atoms with E-state index in [1.54, 1.807) is 0 Å². The van der Waals surface area contributed by atoms with Crippen molar-refractivity contribution >= 4 is 5.97 Å². The predicted molar refractivity (Wildman–Crippen MR) is 78.5 cm³/mol. The van der Waals surface area contributed by atoms with E-state index in [4.69, 9.17) is 10.8 Å². The first kappa shape index (κ1) is 15.7. The maximum Gasteiger partial charge on any atom is 0.304 e. The van der Waals surface area contributed by atoms with E-state index in [1.165, 1.54) is 22.3 Å². The summed E-state index contributed by atoms with van der Waals surface area (Å²) < 4.78 is 0. The van der Waals surface area contributed by atoms with Crippen LogP contribution >= 0.6 is 0 Å².